The third kappa shape index (κ3) is 1.95. The third-order valence-electron chi connectivity index (χ3n) is 2.36. The average Bonchev–Trinajstić information content (AvgIpc) is 2.72. The van der Waals surface area contributed by atoms with E-state index in [2.05, 4.69) is 4.98 Å². The van der Waals surface area contributed by atoms with Crippen LogP contribution < -0.4 is 4.74 Å². The number of fused-ring (bicyclic) bond motifs is 1. The molecule has 2 aromatic rings. The molecule has 6 nitrogen and oxygen atoms in total. The number of ketones is 1. The fraction of sp³-hybridized carbons (Fsp3) is 0.0833. The van der Waals surface area contributed by atoms with Gasteiger partial charge in [-0.05, 0) is 12.1 Å². The van der Waals surface area contributed by atoms with Crippen LogP contribution in [0.15, 0.2) is 24.4 Å². The summed E-state index contributed by atoms with van der Waals surface area (Å²) in [6.07, 6.45) is 1.29. The molecule has 0 atom stereocenters. The Morgan fingerprint density at radius 1 is 1.28 bits per heavy atom. The highest BCUT2D eigenvalue weighted by Crippen LogP contribution is 2.29. The van der Waals surface area contributed by atoms with Gasteiger partial charge in [0, 0.05) is 18.6 Å². The number of esters is 1. The summed E-state index contributed by atoms with van der Waals surface area (Å²) >= 11 is 0. The Morgan fingerprint density at radius 2 is 2.00 bits per heavy atom. The molecule has 0 saturated heterocycles. The van der Waals surface area contributed by atoms with Crippen LogP contribution in [0.25, 0.3) is 10.9 Å². The molecule has 1 aromatic carbocycles. The van der Waals surface area contributed by atoms with Crippen molar-refractivity contribution in [1.29, 1.82) is 0 Å². The van der Waals surface area contributed by atoms with E-state index in [-0.39, 0.29) is 11.3 Å². The number of hydrogen-bond donors (Lipinski definition) is 2. The lowest BCUT2D eigenvalue weighted by molar-refractivity contribution is -0.132. The molecule has 0 saturated carbocycles. The van der Waals surface area contributed by atoms with Crippen LogP contribution in [0, 0.1) is 0 Å². The highest BCUT2D eigenvalue weighted by Gasteiger charge is 2.21. The average molecular weight is 247 g/mol. The van der Waals surface area contributed by atoms with E-state index in [1.54, 1.807) is 12.1 Å². The van der Waals surface area contributed by atoms with Gasteiger partial charge in [-0.1, -0.05) is 6.07 Å². The van der Waals surface area contributed by atoms with Gasteiger partial charge in [0.05, 0.1) is 10.9 Å². The van der Waals surface area contributed by atoms with Crippen LogP contribution in [0.2, 0.25) is 0 Å². The number of carbonyl (C=O) groups is 3. The first kappa shape index (κ1) is 11.8. The predicted octanol–water partition coefficient (Wildman–Crippen LogP) is 1.36. The van der Waals surface area contributed by atoms with Crippen molar-refractivity contribution in [3.8, 4) is 5.75 Å². The molecule has 0 amide bonds. The summed E-state index contributed by atoms with van der Waals surface area (Å²) in [6, 6.07) is 4.78. The normalized spacial score (nSPS) is 10.3. The van der Waals surface area contributed by atoms with Crippen molar-refractivity contribution in [2.24, 2.45) is 0 Å². The van der Waals surface area contributed by atoms with E-state index < -0.39 is 17.7 Å². The number of benzene rings is 1. The van der Waals surface area contributed by atoms with Gasteiger partial charge in [-0.25, -0.2) is 4.79 Å². The van der Waals surface area contributed by atoms with Gasteiger partial charge in [0.1, 0.15) is 5.75 Å². The lowest BCUT2D eigenvalue weighted by Crippen LogP contribution is -2.12. The van der Waals surface area contributed by atoms with Gasteiger partial charge >= 0.3 is 11.9 Å². The van der Waals surface area contributed by atoms with E-state index in [9.17, 15) is 14.4 Å². The molecule has 0 unspecified atom stereocenters. The number of aromatic nitrogens is 1. The zero-order chi connectivity index (χ0) is 13.3. The van der Waals surface area contributed by atoms with Crippen molar-refractivity contribution >= 4 is 28.6 Å². The molecule has 2 rings (SSSR count). The molecule has 0 bridgehead atoms. The van der Waals surface area contributed by atoms with Crippen LogP contribution in [-0.2, 0) is 9.59 Å². The highest BCUT2D eigenvalue weighted by atomic mass is 16.5. The Hall–Kier alpha value is -2.63. The first-order chi connectivity index (χ1) is 8.50. The van der Waals surface area contributed by atoms with Gasteiger partial charge in [-0.2, -0.15) is 0 Å². The minimum atomic E-state index is -1.56. The Morgan fingerprint density at radius 3 is 2.61 bits per heavy atom. The van der Waals surface area contributed by atoms with E-state index >= 15 is 0 Å². The molecule has 18 heavy (non-hydrogen) atoms. The second kappa shape index (κ2) is 4.33. The fourth-order valence-electron chi connectivity index (χ4n) is 1.69. The second-order valence-electron chi connectivity index (χ2n) is 3.61. The molecule has 0 aliphatic rings. The van der Waals surface area contributed by atoms with Crippen molar-refractivity contribution in [2.75, 3.05) is 0 Å². The summed E-state index contributed by atoms with van der Waals surface area (Å²) < 4.78 is 4.95. The first-order valence-corrected chi connectivity index (χ1v) is 5.07. The molecule has 2 N–H and O–H groups in total. The number of Topliss-reactive ketones (excluding diaryl/α,β-unsaturated/α-hetero) is 1. The SMILES string of the molecule is CC(=O)Oc1cccc2[nH]cc(C(=O)C(=O)O)c12. The topological polar surface area (TPSA) is 96.5 Å². The quantitative estimate of drug-likeness (QED) is 0.369. The van der Waals surface area contributed by atoms with Crippen molar-refractivity contribution in [1.82, 2.24) is 4.98 Å². The largest absolute Gasteiger partial charge is 0.475 e. The standard InChI is InChI=1S/C12H9NO5/c1-6(14)18-9-4-2-3-8-10(9)7(5-13-8)11(15)12(16)17/h2-5,13H,1H3,(H,16,17). The first-order valence-electron chi connectivity index (χ1n) is 5.07. The van der Waals surface area contributed by atoms with Crippen LogP contribution in [0.5, 0.6) is 5.75 Å². The van der Waals surface area contributed by atoms with Crippen LogP contribution >= 0.6 is 0 Å². The summed E-state index contributed by atoms with van der Waals surface area (Å²) in [5.74, 6) is -3.00. The van der Waals surface area contributed by atoms with Gasteiger partial charge in [0.25, 0.3) is 5.78 Å². The van der Waals surface area contributed by atoms with Gasteiger partial charge in [0.15, 0.2) is 0 Å². The lowest BCUT2D eigenvalue weighted by Gasteiger charge is -2.03. The minimum Gasteiger partial charge on any atom is -0.475 e. The summed E-state index contributed by atoms with van der Waals surface area (Å²) in [5, 5.41) is 9.01. The Balaban J connectivity index is 2.65. The maximum absolute atomic E-state index is 11.5. The number of rotatable bonds is 3. The third-order valence-corrected chi connectivity index (χ3v) is 2.36. The van der Waals surface area contributed by atoms with Crippen LogP contribution in [0.3, 0.4) is 0 Å². The molecule has 0 aliphatic carbocycles. The van der Waals surface area contributed by atoms with E-state index in [0.717, 1.165) is 0 Å². The van der Waals surface area contributed by atoms with Crippen LogP contribution in [0.1, 0.15) is 17.3 Å². The Bertz CT molecular complexity index is 656. The van der Waals surface area contributed by atoms with E-state index in [0.29, 0.717) is 10.9 Å². The van der Waals surface area contributed by atoms with Crippen molar-refractivity contribution in [2.45, 2.75) is 6.92 Å². The molecule has 1 aromatic heterocycles. The number of hydrogen-bond acceptors (Lipinski definition) is 4. The number of nitrogens with one attached hydrogen (secondary N) is 1. The van der Waals surface area contributed by atoms with E-state index in [4.69, 9.17) is 9.84 Å². The maximum Gasteiger partial charge on any atom is 0.377 e. The maximum atomic E-state index is 11.5. The van der Waals surface area contributed by atoms with E-state index in [1.165, 1.54) is 19.2 Å². The number of H-pyrrole nitrogens is 1. The number of carboxylic acids is 1. The van der Waals surface area contributed by atoms with Crippen molar-refractivity contribution in [3.05, 3.63) is 30.0 Å². The molecule has 0 spiro atoms. The molecule has 0 radical (unpaired) electrons. The number of ether oxygens (including phenoxy) is 1. The molecular formula is C12H9NO5. The molecule has 0 fully saturated rings. The van der Waals surface area contributed by atoms with Gasteiger partial charge in [0.2, 0.25) is 0 Å². The monoisotopic (exact) mass is 247 g/mol. The lowest BCUT2D eigenvalue weighted by atomic mass is 10.1. The minimum absolute atomic E-state index is 0.0330. The number of carboxylic acid groups (broad SMARTS) is 1. The zero-order valence-corrected chi connectivity index (χ0v) is 9.39. The van der Waals surface area contributed by atoms with Crippen molar-refractivity contribution in [3.63, 3.8) is 0 Å². The van der Waals surface area contributed by atoms with Crippen LogP contribution in [-0.4, -0.2) is 27.8 Å². The highest BCUT2D eigenvalue weighted by molar-refractivity contribution is 6.42. The summed E-state index contributed by atoms with van der Waals surface area (Å²) in [6.45, 7) is 1.23. The molecule has 0 aliphatic heterocycles. The Labute approximate surface area is 101 Å². The summed E-state index contributed by atoms with van der Waals surface area (Å²) in [4.78, 5) is 35.9. The summed E-state index contributed by atoms with van der Waals surface area (Å²) in [5.41, 5.74) is 0.493. The number of aliphatic carboxylic acids is 1. The van der Waals surface area contributed by atoms with Crippen molar-refractivity contribution < 1.29 is 24.2 Å². The molecular weight excluding hydrogens is 238 g/mol. The molecule has 1 heterocycles. The summed E-state index contributed by atoms with van der Waals surface area (Å²) in [7, 11) is 0. The smallest absolute Gasteiger partial charge is 0.377 e. The van der Waals surface area contributed by atoms with Gasteiger partial charge in [-0.15, -0.1) is 0 Å². The molecule has 92 valence electrons. The molecule has 6 heteroatoms. The second-order valence-corrected chi connectivity index (χ2v) is 3.61. The Kier molecular flexibility index (Phi) is 2.85. The van der Waals surface area contributed by atoms with Gasteiger partial charge < -0.3 is 14.8 Å². The number of aromatic amines is 1. The van der Waals surface area contributed by atoms with Crippen LogP contribution in [0.4, 0.5) is 0 Å². The van der Waals surface area contributed by atoms with Gasteiger partial charge in [-0.3, -0.25) is 9.59 Å². The number of carbonyl (C=O) groups excluding carboxylic acids is 2. The fourth-order valence-corrected chi connectivity index (χ4v) is 1.69. The van der Waals surface area contributed by atoms with E-state index in [1.807, 2.05) is 0 Å². The predicted molar refractivity (Wildman–Crippen MR) is 61.6 cm³/mol. The zero-order valence-electron chi connectivity index (χ0n) is 9.39.